The molecule has 0 fully saturated rings. The third-order valence-corrected chi connectivity index (χ3v) is 5.29. The van der Waals surface area contributed by atoms with Crippen molar-refractivity contribution >= 4 is 32.3 Å². The molecule has 0 bridgehead atoms. The van der Waals surface area contributed by atoms with Crippen molar-refractivity contribution in [2.45, 2.75) is 0 Å². The van der Waals surface area contributed by atoms with Gasteiger partial charge >= 0.3 is 5.69 Å². The van der Waals surface area contributed by atoms with E-state index in [2.05, 4.69) is 28.2 Å². The fourth-order valence-corrected chi connectivity index (χ4v) is 4.15. The summed E-state index contributed by atoms with van der Waals surface area (Å²) >= 11 is 1.65. The number of imidazole rings is 1. The van der Waals surface area contributed by atoms with Crippen LogP contribution in [0.15, 0.2) is 71.1 Å². The van der Waals surface area contributed by atoms with Gasteiger partial charge in [0, 0.05) is 44.3 Å². The van der Waals surface area contributed by atoms with Crippen LogP contribution in [0, 0.1) is 0 Å². The van der Waals surface area contributed by atoms with Crippen LogP contribution in [0.3, 0.4) is 0 Å². The van der Waals surface area contributed by atoms with Gasteiger partial charge in [0.25, 0.3) is 0 Å². The zero-order valence-corrected chi connectivity index (χ0v) is 13.4. The van der Waals surface area contributed by atoms with Gasteiger partial charge in [-0.1, -0.05) is 36.4 Å². The second-order valence-corrected chi connectivity index (χ2v) is 6.59. The van der Waals surface area contributed by atoms with Crippen molar-refractivity contribution in [2.75, 3.05) is 0 Å². The average molecular weight is 331 g/mol. The second-order valence-electron chi connectivity index (χ2n) is 5.68. The highest BCUT2D eigenvalue weighted by Gasteiger charge is 2.16. The van der Waals surface area contributed by atoms with E-state index in [1.54, 1.807) is 22.1 Å². The van der Waals surface area contributed by atoms with E-state index in [4.69, 9.17) is 0 Å². The molecule has 5 aromatic rings. The molecule has 0 saturated heterocycles. The minimum absolute atomic E-state index is 0.126. The van der Waals surface area contributed by atoms with E-state index in [9.17, 15) is 4.79 Å². The third kappa shape index (κ3) is 1.82. The molecule has 0 aliphatic rings. The summed E-state index contributed by atoms with van der Waals surface area (Å²) in [5.41, 5.74) is 3.73. The molecule has 0 unspecified atom stereocenters. The standard InChI is InChI=1S/C19H13N3OS/c23-19-21-10-16(14-9-20-15-7-3-1-5-12(14)15)22(19)17-11-24-18-8-4-2-6-13(17)18/h1-11,20H,(H,21,23). The topological polar surface area (TPSA) is 53.6 Å². The molecule has 0 saturated carbocycles. The predicted octanol–water partition coefficient (Wildman–Crippen LogP) is 4.53. The fraction of sp³-hybridized carbons (Fsp3) is 0. The van der Waals surface area contributed by atoms with E-state index in [0.29, 0.717) is 0 Å². The molecule has 3 heterocycles. The van der Waals surface area contributed by atoms with E-state index in [1.165, 1.54) is 4.70 Å². The fourth-order valence-electron chi connectivity index (χ4n) is 3.23. The summed E-state index contributed by atoms with van der Waals surface area (Å²) in [7, 11) is 0. The van der Waals surface area contributed by atoms with Crippen LogP contribution < -0.4 is 5.69 Å². The maximum absolute atomic E-state index is 12.5. The lowest BCUT2D eigenvalue weighted by Crippen LogP contribution is -2.15. The molecule has 0 aliphatic carbocycles. The summed E-state index contributed by atoms with van der Waals surface area (Å²) in [5, 5.41) is 4.23. The number of nitrogens with one attached hydrogen (secondary N) is 2. The van der Waals surface area contributed by atoms with Gasteiger partial charge in [0.15, 0.2) is 0 Å². The first-order valence-electron chi connectivity index (χ1n) is 7.66. The molecule has 3 aromatic heterocycles. The maximum atomic E-state index is 12.5. The van der Waals surface area contributed by atoms with E-state index in [1.807, 2.05) is 41.9 Å². The van der Waals surface area contributed by atoms with E-state index in [0.717, 1.165) is 33.2 Å². The lowest BCUT2D eigenvalue weighted by atomic mass is 10.1. The number of fused-ring (bicyclic) bond motifs is 2. The van der Waals surface area contributed by atoms with Crippen molar-refractivity contribution < 1.29 is 0 Å². The van der Waals surface area contributed by atoms with Crippen LogP contribution in [-0.2, 0) is 0 Å². The van der Waals surface area contributed by atoms with Crippen LogP contribution in [0.4, 0.5) is 0 Å². The van der Waals surface area contributed by atoms with Gasteiger partial charge in [0.05, 0.1) is 11.4 Å². The molecule has 0 spiro atoms. The number of hydrogen-bond donors (Lipinski definition) is 2. The minimum atomic E-state index is -0.126. The maximum Gasteiger partial charge on any atom is 0.330 e. The van der Waals surface area contributed by atoms with Crippen LogP contribution in [0.25, 0.3) is 37.9 Å². The Balaban J connectivity index is 1.83. The van der Waals surface area contributed by atoms with E-state index >= 15 is 0 Å². The second kappa shape index (κ2) is 4.97. The Labute approximate surface area is 141 Å². The highest BCUT2D eigenvalue weighted by atomic mass is 32.1. The molecule has 5 heteroatoms. The summed E-state index contributed by atoms with van der Waals surface area (Å²) < 4.78 is 2.93. The van der Waals surface area contributed by atoms with Gasteiger partial charge in [-0.25, -0.2) is 4.79 Å². The predicted molar refractivity (Wildman–Crippen MR) is 99.1 cm³/mol. The first-order valence-corrected chi connectivity index (χ1v) is 8.54. The summed E-state index contributed by atoms with van der Waals surface area (Å²) in [5.74, 6) is 0. The third-order valence-electron chi connectivity index (χ3n) is 4.34. The Morgan fingerprint density at radius 3 is 2.58 bits per heavy atom. The van der Waals surface area contributed by atoms with Crippen molar-refractivity contribution in [3.63, 3.8) is 0 Å². The van der Waals surface area contributed by atoms with Crippen molar-refractivity contribution in [1.29, 1.82) is 0 Å². The summed E-state index contributed by atoms with van der Waals surface area (Å²) in [6.45, 7) is 0. The Hall–Kier alpha value is -3.05. The molecule has 0 atom stereocenters. The number of rotatable bonds is 2. The van der Waals surface area contributed by atoms with Gasteiger partial charge in [0.2, 0.25) is 0 Å². The molecular weight excluding hydrogens is 318 g/mol. The molecule has 4 nitrogen and oxygen atoms in total. The van der Waals surface area contributed by atoms with Gasteiger partial charge in [-0.05, 0) is 12.1 Å². The van der Waals surface area contributed by atoms with Gasteiger partial charge in [-0.2, -0.15) is 0 Å². The number of nitrogens with zero attached hydrogens (tertiary/aromatic N) is 1. The van der Waals surface area contributed by atoms with Crippen LogP contribution in [-0.4, -0.2) is 14.5 Å². The molecule has 2 N–H and O–H groups in total. The van der Waals surface area contributed by atoms with Crippen molar-refractivity contribution in [2.24, 2.45) is 0 Å². The Kier molecular flexibility index (Phi) is 2.78. The number of aromatic nitrogens is 3. The first kappa shape index (κ1) is 13.4. The highest BCUT2D eigenvalue weighted by Crippen LogP contribution is 2.33. The van der Waals surface area contributed by atoms with E-state index in [-0.39, 0.29) is 5.69 Å². The monoisotopic (exact) mass is 331 g/mol. The Bertz CT molecular complexity index is 1240. The zero-order valence-electron chi connectivity index (χ0n) is 12.6. The lowest BCUT2D eigenvalue weighted by Gasteiger charge is -2.05. The molecule has 24 heavy (non-hydrogen) atoms. The molecule has 116 valence electrons. The van der Waals surface area contributed by atoms with Crippen molar-refractivity contribution in [1.82, 2.24) is 14.5 Å². The lowest BCUT2D eigenvalue weighted by molar-refractivity contribution is 1.01. The quantitative estimate of drug-likeness (QED) is 0.491. The largest absolute Gasteiger partial charge is 0.360 e. The van der Waals surface area contributed by atoms with Crippen molar-refractivity contribution in [3.05, 3.63) is 76.8 Å². The Morgan fingerprint density at radius 2 is 1.67 bits per heavy atom. The Morgan fingerprint density at radius 1 is 0.875 bits per heavy atom. The number of thiophene rings is 1. The number of hydrogen-bond acceptors (Lipinski definition) is 2. The average Bonchev–Trinajstić information content (AvgIpc) is 3.31. The van der Waals surface area contributed by atoms with Gasteiger partial charge in [-0.3, -0.25) is 4.57 Å². The number of para-hydroxylation sites is 1. The number of H-pyrrole nitrogens is 2. The molecular formula is C19H13N3OS. The normalized spacial score (nSPS) is 11.5. The SMILES string of the molecule is O=c1[nH]cc(-c2c[nH]c3ccccc23)n1-c1csc2ccccc12. The molecule has 0 amide bonds. The molecule has 2 aromatic carbocycles. The van der Waals surface area contributed by atoms with Gasteiger partial charge in [-0.15, -0.1) is 11.3 Å². The van der Waals surface area contributed by atoms with Crippen LogP contribution in [0.2, 0.25) is 0 Å². The smallest absolute Gasteiger partial charge is 0.330 e. The molecule has 5 rings (SSSR count). The summed E-state index contributed by atoms with van der Waals surface area (Å²) in [6, 6.07) is 16.3. The highest BCUT2D eigenvalue weighted by molar-refractivity contribution is 7.17. The van der Waals surface area contributed by atoms with Crippen LogP contribution in [0.5, 0.6) is 0 Å². The minimum Gasteiger partial charge on any atom is -0.360 e. The van der Waals surface area contributed by atoms with Crippen LogP contribution >= 0.6 is 11.3 Å². The van der Waals surface area contributed by atoms with Crippen molar-refractivity contribution in [3.8, 4) is 16.9 Å². The molecule has 0 radical (unpaired) electrons. The zero-order chi connectivity index (χ0) is 16.1. The van der Waals surface area contributed by atoms with E-state index < -0.39 is 0 Å². The summed E-state index contributed by atoms with van der Waals surface area (Å²) in [4.78, 5) is 18.6. The number of aromatic amines is 2. The first-order chi connectivity index (χ1) is 11.8. The number of benzene rings is 2. The molecule has 0 aliphatic heterocycles. The van der Waals surface area contributed by atoms with Gasteiger partial charge < -0.3 is 9.97 Å². The van der Waals surface area contributed by atoms with Crippen LogP contribution in [0.1, 0.15) is 0 Å². The summed E-state index contributed by atoms with van der Waals surface area (Å²) in [6.07, 6.45) is 3.74. The van der Waals surface area contributed by atoms with Gasteiger partial charge in [0.1, 0.15) is 0 Å².